The van der Waals surface area contributed by atoms with Crippen molar-refractivity contribution in [3.05, 3.63) is 113 Å². The van der Waals surface area contributed by atoms with Crippen molar-refractivity contribution >= 4 is 56.3 Å². The van der Waals surface area contributed by atoms with Gasteiger partial charge in [0.1, 0.15) is 12.4 Å². The van der Waals surface area contributed by atoms with Gasteiger partial charge in [-0.3, -0.25) is 34.7 Å². The Hall–Kier alpha value is -4.03. The highest BCUT2D eigenvalue weighted by Crippen LogP contribution is 2.36. The molecule has 1 aliphatic rings. The van der Waals surface area contributed by atoms with Crippen molar-refractivity contribution in [3.8, 4) is 5.75 Å². The first-order chi connectivity index (χ1) is 17.2. The molecule has 12 heteroatoms. The minimum absolute atomic E-state index is 0.0283. The van der Waals surface area contributed by atoms with E-state index < -0.39 is 21.0 Å². The Balaban J connectivity index is 1.55. The van der Waals surface area contributed by atoms with Crippen LogP contribution in [0.4, 0.5) is 16.2 Å². The number of nitro groups is 2. The van der Waals surface area contributed by atoms with Gasteiger partial charge in [-0.25, -0.2) is 0 Å². The highest BCUT2D eigenvalue weighted by atomic mass is 79.9. The first kappa shape index (κ1) is 25.1. The quantitative estimate of drug-likeness (QED) is 0.181. The molecule has 1 fully saturated rings. The molecule has 2 amide bonds. The van der Waals surface area contributed by atoms with E-state index in [1.165, 1.54) is 36.4 Å². The summed E-state index contributed by atoms with van der Waals surface area (Å²) in [6.07, 6.45) is 1.53. The zero-order valence-electron chi connectivity index (χ0n) is 18.3. The molecule has 0 spiro atoms. The highest BCUT2D eigenvalue weighted by Gasteiger charge is 2.35. The zero-order valence-corrected chi connectivity index (χ0v) is 20.7. The zero-order chi connectivity index (χ0) is 25.8. The van der Waals surface area contributed by atoms with Crippen molar-refractivity contribution in [1.29, 1.82) is 0 Å². The molecular weight excluding hydrogens is 554 g/mol. The first-order valence-electron chi connectivity index (χ1n) is 10.4. The van der Waals surface area contributed by atoms with E-state index >= 15 is 0 Å². The lowest BCUT2D eigenvalue weighted by molar-refractivity contribution is -0.385. The molecule has 3 aromatic carbocycles. The summed E-state index contributed by atoms with van der Waals surface area (Å²) in [6.45, 7) is -0.0965. The standard InChI is InChI=1S/C24H16BrN3O7S/c25-18-7-10-21(35-14-16-3-1-2-4-20(16)28(33)34)17(11-18)12-22-23(29)26(24(30)36-22)13-15-5-8-19(9-6-15)27(31)32/h1-12H,13-14H2/b22-12-. The molecule has 36 heavy (non-hydrogen) atoms. The second kappa shape index (κ2) is 10.7. The normalized spacial score (nSPS) is 14.4. The molecule has 1 saturated heterocycles. The van der Waals surface area contributed by atoms with E-state index in [0.717, 1.165) is 16.7 Å². The second-order valence-electron chi connectivity index (χ2n) is 7.55. The van der Waals surface area contributed by atoms with E-state index in [1.54, 1.807) is 36.4 Å². The molecule has 1 aliphatic heterocycles. The molecule has 0 saturated carbocycles. The lowest BCUT2D eigenvalue weighted by atomic mass is 10.1. The van der Waals surface area contributed by atoms with Crippen LogP contribution in [0.2, 0.25) is 0 Å². The monoisotopic (exact) mass is 569 g/mol. The minimum Gasteiger partial charge on any atom is -0.488 e. The fourth-order valence-electron chi connectivity index (χ4n) is 3.41. The summed E-state index contributed by atoms with van der Waals surface area (Å²) >= 11 is 4.15. The molecule has 4 rings (SSSR count). The molecule has 182 valence electrons. The van der Waals surface area contributed by atoms with Crippen LogP contribution in [0, 0.1) is 20.2 Å². The van der Waals surface area contributed by atoms with Gasteiger partial charge in [0.15, 0.2) is 0 Å². The van der Waals surface area contributed by atoms with Gasteiger partial charge in [0.2, 0.25) is 0 Å². The maximum Gasteiger partial charge on any atom is 0.293 e. The molecule has 3 aromatic rings. The SMILES string of the molecule is O=C1S/C(=C\c2cc(Br)ccc2OCc2ccccc2[N+](=O)[O-])C(=O)N1Cc1ccc([N+](=O)[O-])cc1. The molecule has 1 heterocycles. The van der Waals surface area contributed by atoms with Gasteiger partial charge in [0, 0.05) is 28.2 Å². The number of hydrogen-bond acceptors (Lipinski definition) is 8. The fourth-order valence-corrected chi connectivity index (χ4v) is 4.62. The van der Waals surface area contributed by atoms with Gasteiger partial charge in [-0.15, -0.1) is 0 Å². The first-order valence-corrected chi connectivity index (χ1v) is 12.0. The lowest BCUT2D eigenvalue weighted by Gasteiger charge is -2.12. The van der Waals surface area contributed by atoms with Gasteiger partial charge in [-0.2, -0.15) is 0 Å². The van der Waals surface area contributed by atoms with Crippen LogP contribution >= 0.6 is 27.7 Å². The summed E-state index contributed by atoms with van der Waals surface area (Å²) < 4.78 is 6.56. The van der Waals surface area contributed by atoms with E-state index in [9.17, 15) is 29.8 Å². The van der Waals surface area contributed by atoms with Crippen LogP contribution in [0.3, 0.4) is 0 Å². The van der Waals surface area contributed by atoms with Crippen LogP contribution in [-0.2, 0) is 17.9 Å². The van der Waals surface area contributed by atoms with Crippen LogP contribution in [0.15, 0.2) is 76.1 Å². The number of nitrogens with zero attached hydrogens (tertiary/aromatic N) is 3. The van der Waals surface area contributed by atoms with Crippen molar-refractivity contribution in [3.63, 3.8) is 0 Å². The predicted molar refractivity (Wildman–Crippen MR) is 136 cm³/mol. The van der Waals surface area contributed by atoms with Gasteiger partial charge < -0.3 is 4.74 Å². The van der Waals surface area contributed by atoms with Crippen LogP contribution in [0.1, 0.15) is 16.7 Å². The predicted octanol–water partition coefficient (Wildman–Crippen LogP) is 6.08. The Morgan fingerprint density at radius 1 is 0.972 bits per heavy atom. The Morgan fingerprint density at radius 3 is 2.39 bits per heavy atom. The fraction of sp³-hybridized carbons (Fsp3) is 0.0833. The van der Waals surface area contributed by atoms with Crippen LogP contribution < -0.4 is 4.74 Å². The lowest BCUT2D eigenvalue weighted by Crippen LogP contribution is -2.27. The Bertz CT molecular complexity index is 1410. The van der Waals surface area contributed by atoms with Crippen molar-refractivity contribution in [1.82, 2.24) is 4.90 Å². The molecule has 0 atom stereocenters. The number of benzene rings is 3. The molecule has 0 aromatic heterocycles. The Labute approximate surface area is 217 Å². The Morgan fingerprint density at radius 2 is 1.69 bits per heavy atom. The smallest absolute Gasteiger partial charge is 0.293 e. The van der Waals surface area contributed by atoms with E-state index in [2.05, 4.69) is 15.9 Å². The number of rotatable bonds is 8. The number of carbonyl (C=O) groups excluding carboxylic acids is 2. The maximum absolute atomic E-state index is 13.0. The third-order valence-corrected chi connectivity index (χ3v) is 6.59. The number of halogens is 1. The third-order valence-electron chi connectivity index (χ3n) is 5.19. The number of para-hydroxylation sites is 1. The third kappa shape index (κ3) is 5.61. The summed E-state index contributed by atoms with van der Waals surface area (Å²) in [4.78, 5) is 47.9. The highest BCUT2D eigenvalue weighted by molar-refractivity contribution is 9.10. The van der Waals surface area contributed by atoms with Crippen LogP contribution in [0.5, 0.6) is 5.75 Å². The number of imide groups is 1. The molecule has 0 radical (unpaired) electrons. The molecule has 0 unspecified atom stereocenters. The summed E-state index contributed by atoms with van der Waals surface area (Å²) in [5, 5.41) is 21.6. The van der Waals surface area contributed by atoms with E-state index in [1.807, 2.05) is 0 Å². The van der Waals surface area contributed by atoms with Crippen LogP contribution in [0.25, 0.3) is 6.08 Å². The molecule has 0 bridgehead atoms. The van der Waals surface area contributed by atoms with Crippen LogP contribution in [-0.4, -0.2) is 25.9 Å². The molecule has 0 N–H and O–H groups in total. The number of thioether (sulfide) groups is 1. The summed E-state index contributed by atoms with van der Waals surface area (Å²) in [5.74, 6) is -0.133. The largest absolute Gasteiger partial charge is 0.488 e. The molecule has 0 aliphatic carbocycles. The summed E-state index contributed by atoms with van der Waals surface area (Å²) in [5.41, 5.74) is 1.31. The number of nitro benzene ring substituents is 2. The maximum atomic E-state index is 13.0. The van der Waals surface area contributed by atoms with Gasteiger partial charge in [0.25, 0.3) is 22.5 Å². The average molecular weight is 570 g/mol. The van der Waals surface area contributed by atoms with Gasteiger partial charge >= 0.3 is 0 Å². The molecular formula is C24H16BrN3O7S. The number of amides is 2. The van der Waals surface area contributed by atoms with E-state index in [-0.39, 0.29) is 29.4 Å². The van der Waals surface area contributed by atoms with Gasteiger partial charge in [-0.1, -0.05) is 40.2 Å². The summed E-state index contributed by atoms with van der Waals surface area (Å²) in [7, 11) is 0. The Kier molecular flexibility index (Phi) is 7.46. The number of non-ortho nitro benzene ring substituents is 1. The molecule has 10 nitrogen and oxygen atoms in total. The van der Waals surface area contributed by atoms with Crippen molar-refractivity contribution in [2.24, 2.45) is 0 Å². The second-order valence-corrected chi connectivity index (χ2v) is 9.46. The number of carbonyl (C=O) groups is 2. The number of hydrogen-bond donors (Lipinski definition) is 0. The summed E-state index contributed by atoms with van der Waals surface area (Å²) in [6, 6.07) is 16.9. The van der Waals surface area contributed by atoms with Crippen molar-refractivity contribution in [2.45, 2.75) is 13.2 Å². The van der Waals surface area contributed by atoms with Crippen molar-refractivity contribution < 1.29 is 24.2 Å². The average Bonchev–Trinajstić information content (AvgIpc) is 3.11. The van der Waals surface area contributed by atoms with E-state index in [0.29, 0.717) is 26.9 Å². The van der Waals surface area contributed by atoms with Crippen molar-refractivity contribution in [2.75, 3.05) is 0 Å². The van der Waals surface area contributed by atoms with Gasteiger partial charge in [-0.05, 0) is 47.7 Å². The minimum atomic E-state index is -0.528. The van der Waals surface area contributed by atoms with E-state index in [4.69, 9.17) is 4.74 Å². The topological polar surface area (TPSA) is 133 Å². The van der Waals surface area contributed by atoms with Gasteiger partial charge in [0.05, 0.1) is 26.9 Å². The number of ether oxygens (including phenoxy) is 1.